The molecule has 0 unspecified atom stereocenters. The minimum atomic E-state index is -0.126. The molecule has 0 radical (unpaired) electrons. The van der Waals surface area contributed by atoms with Crippen molar-refractivity contribution in [2.75, 3.05) is 11.1 Å². The van der Waals surface area contributed by atoms with Crippen LogP contribution in [0.4, 0.5) is 10.8 Å². The van der Waals surface area contributed by atoms with Crippen LogP contribution in [-0.2, 0) is 0 Å². The number of aromatic nitrogens is 2. The highest BCUT2D eigenvalue weighted by atomic mass is 32.2. The van der Waals surface area contributed by atoms with Gasteiger partial charge in [0.25, 0.3) is 0 Å². The van der Waals surface area contributed by atoms with Crippen LogP contribution in [0.25, 0.3) is 0 Å². The van der Waals surface area contributed by atoms with Crippen molar-refractivity contribution in [3.63, 3.8) is 0 Å². The van der Waals surface area contributed by atoms with E-state index in [4.69, 9.17) is 10.5 Å². The summed E-state index contributed by atoms with van der Waals surface area (Å²) in [5.41, 5.74) is 3.45. The molecule has 2 aromatic rings. The molecule has 23 heavy (non-hydrogen) atoms. The highest BCUT2D eigenvalue weighted by molar-refractivity contribution is 8.01. The smallest absolute Gasteiger partial charge is 0.210 e. The first kappa shape index (κ1) is 17.3. The molecule has 0 aliphatic heterocycles. The zero-order valence-corrected chi connectivity index (χ0v) is 14.7. The molecule has 1 atom stereocenters. The maximum absolute atomic E-state index is 9.07. The van der Waals surface area contributed by atoms with Crippen LogP contribution in [-0.4, -0.2) is 16.0 Å². The quantitative estimate of drug-likeness (QED) is 0.748. The first-order valence-electron chi connectivity index (χ1n) is 7.20. The Morgan fingerprint density at radius 2 is 2.13 bits per heavy atom. The second-order valence-corrected chi connectivity index (χ2v) is 7.32. The first-order chi connectivity index (χ1) is 11.1. The normalized spacial score (nSPS) is 11.5. The van der Waals surface area contributed by atoms with Crippen molar-refractivity contribution in [2.24, 2.45) is 5.92 Å². The molecule has 0 bridgehead atoms. The van der Waals surface area contributed by atoms with Crippen LogP contribution in [0.3, 0.4) is 0 Å². The van der Waals surface area contributed by atoms with Crippen LogP contribution in [0.2, 0.25) is 0 Å². The van der Waals surface area contributed by atoms with E-state index in [1.807, 2.05) is 12.1 Å². The van der Waals surface area contributed by atoms with Crippen LogP contribution in [0, 0.1) is 42.4 Å². The molecule has 0 saturated heterocycles. The molecule has 0 fully saturated rings. The molecule has 7 heteroatoms. The number of thioether (sulfide) groups is 1. The number of hydrogen-bond donors (Lipinski definition) is 1. The summed E-state index contributed by atoms with van der Waals surface area (Å²) in [6, 6.07) is 10.4. The van der Waals surface area contributed by atoms with Gasteiger partial charge in [-0.25, -0.2) is 0 Å². The van der Waals surface area contributed by atoms with Crippen molar-refractivity contribution in [1.82, 2.24) is 10.2 Å². The Bertz CT molecular complexity index is 742. The molecular formula is C16H17N5S2. The van der Waals surface area contributed by atoms with Crippen LogP contribution in [0.5, 0.6) is 0 Å². The average molecular weight is 343 g/mol. The standard InChI is InChI=1S/C16H17N5S2/c1-11-5-3-7-14(12(11)2)19-15-20-21-16(23-15)22-10-13(9-18)6-4-8-17/h3,5,7,13H,4,6,10H2,1-2H3,(H,19,20)/t13-/m0/s1. The number of nitrogens with zero attached hydrogens (tertiary/aromatic N) is 4. The third kappa shape index (κ3) is 4.95. The largest absolute Gasteiger partial charge is 0.330 e. The molecule has 0 aliphatic carbocycles. The second kappa shape index (κ2) is 8.52. The molecular weight excluding hydrogens is 326 g/mol. The van der Waals surface area contributed by atoms with Gasteiger partial charge in [-0.05, 0) is 37.5 Å². The zero-order valence-electron chi connectivity index (χ0n) is 13.0. The lowest BCUT2D eigenvalue weighted by Crippen LogP contribution is -1.99. The third-order valence-electron chi connectivity index (χ3n) is 3.45. The van der Waals surface area contributed by atoms with E-state index in [0.29, 0.717) is 18.6 Å². The van der Waals surface area contributed by atoms with Crippen molar-refractivity contribution in [3.05, 3.63) is 29.3 Å². The summed E-state index contributed by atoms with van der Waals surface area (Å²) in [4.78, 5) is 0. The van der Waals surface area contributed by atoms with Crippen LogP contribution in [0.1, 0.15) is 24.0 Å². The molecule has 1 aromatic heterocycles. The number of rotatable bonds is 7. The monoisotopic (exact) mass is 343 g/mol. The summed E-state index contributed by atoms with van der Waals surface area (Å²) in [6.45, 7) is 4.15. The van der Waals surface area contributed by atoms with Gasteiger partial charge in [-0.15, -0.1) is 10.2 Å². The lowest BCUT2D eigenvalue weighted by molar-refractivity contribution is 0.685. The van der Waals surface area contributed by atoms with Crippen molar-refractivity contribution in [3.8, 4) is 12.1 Å². The highest BCUT2D eigenvalue weighted by Gasteiger charge is 2.11. The summed E-state index contributed by atoms with van der Waals surface area (Å²) in [7, 11) is 0. The molecule has 1 aromatic carbocycles. The van der Waals surface area contributed by atoms with Crippen LogP contribution in [0.15, 0.2) is 22.5 Å². The van der Waals surface area contributed by atoms with Gasteiger partial charge < -0.3 is 5.32 Å². The number of aryl methyl sites for hydroxylation is 1. The molecule has 118 valence electrons. The van der Waals surface area contributed by atoms with Crippen LogP contribution < -0.4 is 5.32 Å². The summed E-state index contributed by atoms with van der Waals surface area (Å²) in [6.07, 6.45) is 1.01. The van der Waals surface area contributed by atoms with E-state index in [2.05, 4.69) is 47.6 Å². The molecule has 1 N–H and O–H groups in total. The molecule has 2 rings (SSSR count). The van der Waals surface area contributed by atoms with Gasteiger partial charge in [0.15, 0.2) is 4.34 Å². The van der Waals surface area contributed by atoms with Gasteiger partial charge in [0.2, 0.25) is 5.13 Å². The summed E-state index contributed by atoms with van der Waals surface area (Å²) < 4.78 is 0.829. The van der Waals surface area contributed by atoms with Gasteiger partial charge in [0.05, 0.1) is 18.1 Å². The summed E-state index contributed by atoms with van der Waals surface area (Å²) in [5, 5.41) is 30.0. The van der Waals surface area contributed by atoms with Crippen molar-refractivity contribution < 1.29 is 0 Å². The second-order valence-electron chi connectivity index (χ2n) is 5.08. The Hall–Kier alpha value is -2.09. The molecule has 0 saturated carbocycles. The average Bonchev–Trinajstić information content (AvgIpc) is 2.99. The van der Waals surface area contributed by atoms with E-state index in [0.717, 1.165) is 15.2 Å². The Kier molecular flexibility index (Phi) is 6.40. The van der Waals surface area contributed by atoms with Crippen molar-refractivity contribution in [1.29, 1.82) is 10.5 Å². The predicted molar refractivity (Wildman–Crippen MR) is 93.8 cm³/mol. The first-order valence-corrected chi connectivity index (χ1v) is 9.00. The Balaban J connectivity index is 1.94. The molecule has 0 spiro atoms. The van der Waals surface area contributed by atoms with Gasteiger partial charge in [0.1, 0.15) is 0 Å². The minimum Gasteiger partial charge on any atom is -0.330 e. The van der Waals surface area contributed by atoms with Crippen LogP contribution >= 0.6 is 23.1 Å². The van der Waals surface area contributed by atoms with Gasteiger partial charge in [-0.2, -0.15) is 10.5 Å². The molecule has 0 amide bonds. The van der Waals surface area contributed by atoms with E-state index in [1.54, 1.807) is 0 Å². The van der Waals surface area contributed by atoms with E-state index in [9.17, 15) is 0 Å². The van der Waals surface area contributed by atoms with Gasteiger partial charge in [0, 0.05) is 17.9 Å². The van der Waals surface area contributed by atoms with Crippen molar-refractivity contribution in [2.45, 2.75) is 31.0 Å². The lowest BCUT2D eigenvalue weighted by atomic mass is 10.1. The van der Waals surface area contributed by atoms with Gasteiger partial charge >= 0.3 is 0 Å². The fraction of sp³-hybridized carbons (Fsp3) is 0.375. The number of anilines is 2. The Labute approximate surface area is 144 Å². The zero-order chi connectivity index (χ0) is 16.7. The lowest BCUT2D eigenvalue weighted by Gasteiger charge is -2.08. The van der Waals surface area contributed by atoms with E-state index >= 15 is 0 Å². The summed E-state index contributed by atoms with van der Waals surface area (Å²) >= 11 is 2.99. The number of benzene rings is 1. The SMILES string of the molecule is Cc1cccc(Nc2nnc(SC[C@H](C#N)CCC#N)s2)c1C. The molecule has 1 heterocycles. The fourth-order valence-corrected chi connectivity index (χ4v) is 3.77. The predicted octanol–water partition coefficient (Wildman–Crippen LogP) is 4.43. The summed E-state index contributed by atoms with van der Waals surface area (Å²) in [5.74, 6) is 0.509. The Morgan fingerprint density at radius 3 is 2.87 bits per heavy atom. The maximum Gasteiger partial charge on any atom is 0.210 e. The van der Waals surface area contributed by atoms with E-state index in [1.165, 1.54) is 34.2 Å². The maximum atomic E-state index is 9.07. The number of nitrogens with one attached hydrogen (secondary N) is 1. The van der Waals surface area contributed by atoms with Gasteiger partial charge in [-0.3, -0.25) is 0 Å². The number of hydrogen-bond acceptors (Lipinski definition) is 7. The molecule has 0 aliphatic rings. The van der Waals surface area contributed by atoms with E-state index in [-0.39, 0.29) is 5.92 Å². The van der Waals surface area contributed by atoms with Gasteiger partial charge in [-0.1, -0.05) is 35.2 Å². The minimum absolute atomic E-state index is 0.126. The fourth-order valence-electron chi connectivity index (χ4n) is 1.92. The van der Waals surface area contributed by atoms with Crippen molar-refractivity contribution >= 4 is 33.9 Å². The number of nitriles is 2. The third-order valence-corrected chi connectivity index (χ3v) is 5.58. The Morgan fingerprint density at radius 1 is 1.30 bits per heavy atom. The highest BCUT2D eigenvalue weighted by Crippen LogP contribution is 2.30. The van der Waals surface area contributed by atoms with E-state index < -0.39 is 0 Å². The topological polar surface area (TPSA) is 85.4 Å². The molecule has 5 nitrogen and oxygen atoms in total.